The number of benzene rings is 5. The number of rotatable bonds is 3. The van der Waals surface area contributed by atoms with Crippen molar-refractivity contribution in [1.82, 2.24) is 0 Å². The molecule has 6 rings (SSSR count). The molecule has 0 aliphatic heterocycles. The van der Waals surface area contributed by atoms with Crippen molar-refractivity contribution in [2.24, 2.45) is 0 Å². The first-order valence-corrected chi connectivity index (χ1v) is 11.4. The Morgan fingerprint density at radius 1 is 0.531 bits per heavy atom. The predicted molar refractivity (Wildman–Crippen MR) is 138 cm³/mol. The molecule has 0 saturated heterocycles. The fraction of sp³-hybridized carbons (Fsp3) is 0. The molecule has 0 aliphatic rings. The Bertz CT molecular complexity index is 1600. The van der Waals surface area contributed by atoms with Gasteiger partial charge in [-0.3, -0.25) is 0 Å². The first-order valence-electron chi connectivity index (χ1n) is 10.6. The molecule has 5 aromatic carbocycles. The molecule has 32 heavy (non-hydrogen) atoms. The summed E-state index contributed by atoms with van der Waals surface area (Å²) in [5.74, 6) is 0. The van der Waals surface area contributed by atoms with E-state index in [0.29, 0.717) is 5.46 Å². The van der Waals surface area contributed by atoms with Crippen LogP contribution >= 0.6 is 11.3 Å². The summed E-state index contributed by atoms with van der Waals surface area (Å²) in [7, 11) is -1.47. The highest BCUT2D eigenvalue weighted by molar-refractivity contribution is 7.26. The van der Waals surface area contributed by atoms with Gasteiger partial charge >= 0.3 is 7.12 Å². The van der Waals surface area contributed by atoms with Crippen molar-refractivity contribution in [3.63, 3.8) is 0 Å². The third kappa shape index (κ3) is 3.12. The fourth-order valence-electron chi connectivity index (χ4n) is 4.55. The summed E-state index contributed by atoms with van der Waals surface area (Å²) in [4.78, 5) is 0. The average Bonchev–Trinajstić information content (AvgIpc) is 3.22. The summed E-state index contributed by atoms with van der Waals surface area (Å²) in [6, 6.07) is 35.6. The van der Waals surface area contributed by atoms with E-state index in [0.717, 1.165) is 10.1 Å². The molecule has 0 spiro atoms. The molecule has 0 unspecified atom stereocenters. The van der Waals surface area contributed by atoms with Crippen LogP contribution in [0.4, 0.5) is 0 Å². The minimum atomic E-state index is -1.47. The van der Waals surface area contributed by atoms with Crippen LogP contribution in [0.5, 0.6) is 0 Å². The summed E-state index contributed by atoms with van der Waals surface area (Å²) >= 11 is 1.74. The molecular formula is C28H19BO2S. The summed E-state index contributed by atoms with van der Waals surface area (Å²) in [5, 5.41) is 24.0. The van der Waals surface area contributed by atoms with E-state index in [9.17, 15) is 10.0 Å². The van der Waals surface area contributed by atoms with Crippen molar-refractivity contribution < 1.29 is 10.0 Å². The van der Waals surface area contributed by atoms with Crippen molar-refractivity contribution in [1.29, 1.82) is 0 Å². The van der Waals surface area contributed by atoms with E-state index in [1.165, 1.54) is 43.1 Å². The van der Waals surface area contributed by atoms with Crippen molar-refractivity contribution in [2.45, 2.75) is 0 Å². The Kier molecular flexibility index (Phi) is 4.58. The Hall–Kier alpha value is -3.44. The molecule has 0 bridgehead atoms. The largest absolute Gasteiger partial charge is 0.488 e. The zero-order valence-electron chi connectivity index (χ0n) is 17.2. The Balaban J connectivity index is 1.64. The lowest BCUT2D eigenvalue weighted by Crippen LogP contribution is -2.29. The maximum Gasteiger partial charge on any atom is 0.488 e. The number of thiophene rings is 1. The second-order valence-electron chi connectivity index (χ2n) is 8.02. The third-order valence-corrected chi connectivity index (χ3v) is 7.20. The molecule has 0 amide bonds. The van der Waals surface area contributed by atoms with E-state index in [1.807, 2.05) is 18.2 Å². The molecule has 4 heteroatoms. The lowest BCUT2D eigenvalue weighted by molar-refractivity contribution is 0.426. The van der Waals surface area contributed by atoms with E-state index in [4.69, 9.17) is 0 Å². The highest BCUT2D eigenvalue weighted by atomic mass is 32.1. The molecule has 6 aromatic rings. The summed E-state index contributed by atoms with van der Waals surface area (Å²) in [6.45, 7) is 0. The van der Waals surface area contributed by atoms with Crippen LogP contribution < -0.4 is 5.46 Å². The van der Waals surface area contributed by atoms with Crippen molar-refractivity contribution in [3.05, 3.63) is 103 Å². The quantitative estimate of drug-likeness (QED) is 0.327. The predicted octanol–water partition coefficient (Wildman–Crippen LogP) is 6.22. The van der Waals surface area contributed by atoms with Crippen LogP contribution in [-0.2, 0) is 0 Å². The van der Waals surface area contributed by atoms with Gasteiger partial charge in [-0.15, -0.1) is 11.3 Å². The second kappa shape index (κ2) is 7.61. The van der Waals surface area contributed by atoms with Gasteiger partial charge in [-0.05, 0) is 56.7 Å². The minimum absolute atomic E-state index is 0.515. The molecule has 0 fully saturated rings. The lowest BCUT2D eigenvalue weighted by Gasteiger charge is -2.11. The van der Waals surface area contributed by atoms with Gasteiger partial charge in [-0.25, -0.2) is 0 Å². The van der Waals surface area contributed by atoms with Gasteiger partial charge < -0.3 is 10.0 Å². The van der Waals surface area contributed by atoms with Gasteiger partial charge in [0.15, 0.2) is 0 Å². The summed E-state index contributed by atoms with van der Waals surface area (Å²) in [6.07, 6.45) is 0. The van der Waals surface area contributed by atoms with Crippen LogP contribution in [0.3, 0.4) is 0 Å². The first kappa shape index (κ1) is 19.3. The van der Waals surface area contributed by atoms with Crippen molar-refractivity contribution in [3.8, 4) is 22.3 Å². The summed E-state index contributed by atoms with van der Waals surface area (Å²) in [5.41, 5.74) is 5.32. The fourth-order valence-corrected chi connectivity index (χ4v) is 5.70. The van der Waals surface area contributed by atoms with Crippen LogP contribution in [0.15, 0.2) is 103 Å². The number of hydrogen-bond acceptors (Lipinski definition) is 3. The first-order chi connectivity index (χ1) is 15.7. The molecular weight excluding hydrogens is 411 g/mol. The van der Waals surface area contributed by atoms with Crippen LogP contribution in [0.25, 0.3) is 53.2 Å². The molecule has 1 aromatic heterocycles. The zero-order valence-corrected chi connectivity index (χ0v) is 18.0. The van der Waals surface area contributed by atoms with Gasteiger partial charge in [0.2, 0.25) is 0 Å². The van der Waals surface area contributed by atoms with Crippen molar-refractivity contribution in [2.75, 3.05) is 0 Å². The lowest BCUT2D eigenvalue weighted by atomic mass is 9.79. The zero-order chi connectivity index (χ0) is 21.7. The van der Waals surface area contributed by atoms with Gasteiger partial charge in [0.25, 0.3) is 0 Å². The van der Waals surface area contributed by atoms with E-state index in [1.54, 1.807) is 17.4 Å². The second-order valence-corrected chi connectivity index (χ2v) is 9.10. The molecule has 1 heterocycles. The molecule has 0 aliphatic carbocycles. The van der Waals surface area contributed by atoms with E-state index in [2.05, 4.69) is 78.9 Å². The highest BCUT2D eigenvalue weighted by Crippen LogP contribution is 2.42. The third-order valence-electron chi connectivity index (χ3n) is 6.08. The smallest absolute Gasteiger partial charge is 0.423 e. The Morgan fingerprint density at radius 2 is 1.25 bits per heavy atom. The topological polar surface area (TPSA) is 40.5 Å². The van der Waals surface area contributed by atoms with Crippen molar-refractivity contribution >= 4 is 54.9 Å². The monoisotopic (exact) mass is 430 g/mol. The number of hydrogen-bond donors (Lipinski definition) is 2. The molecule has 0 saturated carbocycles. The minimum Gasteiger partial charge on any atom is -0.423 e. The SMILES string of the molecule is OB(O)c1ccc2sc3cc(-c4cccc(-c5ccccc5)c4)c4ccccc4c3c2c1. The van der Waals surface area contributed by atoms with Gasteiger partial charge in [-0.1, -0.05) is 84.9 Å². The standard InChI is InChI=1S/C28H19BO2S/c30-29(31)21-13-14-26-25(16-21)28-23-12-5-4-11-22(23)24(17-27(28)32-26)20-10-6-9-19(15-20)18-7-2-1-3-8-18/h1-17,30-31H. The molecule has 2 nitrogen and oxygen atoms in total. The average molecular weight is 430 g/mol. The maximum absolute atomic E-state index is 9.68. The summed E-state index contributed by atoms with van der Waals surface area (Å²) < 4.78 is 2.34. The molecule has 152 valence electrons. The van der Waals surface area contributed by atoms with Gasteiger partial charge in [0.1, 0.15) is 0 Å². The van der Waals surface area contributed by atoms with Crippen LogP contribution in [0.2, 0.25) is 0 Å². The Labute approximate surface area is 190 Å². The highest BCUT2D eigenvalue weighted by Gasteiger charge is 2.17. The van der Waals surface area contributed by atoms with Gasteiger partial charge in [-0.2, -0.15) is 0 Å². The van der Waals surface area contributed by atoms with Crippen LogP contribution in [-0.4, -0.2) is 17.2 Å². The van der Waals surface area contributed by atoms with Crippen LogP contribution in [0.1, 0.15) is 0 Å². The Morgan fingerprint density at radius 3 is 2.06 bits per heavy atom. The van der Waals surface area contributed by atoms with Gasteiger partial charge in [0.05, 0.1) is 0 Å². The number of fused-ring (bicyclic) bond motifs is 5. The van der Waals surface area contributed by atoms with E-state index in [-0.39, 0.29) is 0 Å². The van der Waals surface area contributed by atoms with E-state index >= 15 is 0 Å². The molecule has 0 radical (unpaired) electrons. The van der Waals surface area contributed by atoms with Gasteiger partial charge in [0, 0.05) is 20.2 Å². The van der Waals surface area contributed by atoms with Crippen LogP contribution in [0, 0.1) is 0 Å². The normalized spacial score (nSPS) is 11.4. The molecule has 2 N–H and O–H groups in total. The maximum atomic E-state index is 9.68. The molecule has 0 atom stereocenters. The van der Waals surface area contributed by atoms with E-state index < -0.39 is 7.12 Å².